The summed E-state index contributed by atoms with van der Waals surface area (Å²) in [4.78, 5) is 11.6. The summed E-state index contributed by atoms with van der Waals surface area (Å²) in [5.74, 6) is 0.193. The number of allylic oxidation sites excluding steroid dienone is 2. The molecule has 2 rings (SSSR count). The van der Waals surface area contributed by atoms with Crippen LogP contribution in [0.5, 0.6) is 0 Å². The third-order valence-electron chi connectivity index (χ3n) is 2.35. The Bertz CT molecular complexity index is 359. The lowest BCUT2D eigenvalue weighted by Crippen LogP contribution is -2.20. The van der Waals surface area contributed by atoms with Crippen LogP contribution in [0.3, 0.4) is 0 Å². The number of rotatable bonds is 2. The van der Waals surface area contributed by atoms with Crippen LogP contribution in [0.15, 0.2) is 24.5 Å². The van der Waals surface area contributed by atoms with Crippen molar-refractivity contribution in [2.24, 2.45) is 13.0 Å². The fourth-order valence-corrected chi connectivity index (χ4v) is 1.56. The van der Waals surface area contributed by atoms with Crippen molar-refractivity contribution in [1.82, 2.24) is 9.78 Å². The number of hydrogen-bond acceptors (Lipinski definition) is 2. The standard InChI is InChI=1S/C10H13N3O/c1-13-7-9(6-11-13)12-10(14)8-4-2-3-5-8/h2-3,6-8H,4-5H2,1H3,(H,12,14). The number of amides is 1. The number of nitrogens with zero attached hydrogens (tertiary/aromatic N) is 2. The molecule has 0 unspecified atom stereocenters. The Morgan fingerprint density at radius 3 is 2.86 bits per heavy atom. The van der Waals surface area contributed by atoms with Crippen LogP contribution in [0.25, 0.3) is 0 Å². The summed E-state index contributed by atoms with van der Waals surface area (Å²) < 4.78 is 1.67. The molecule has 0 radical (unpaired) electrons. The lowest BCUT2D eigenvalue weighted by molar-refractivity contribution is -0.119. The van der Waals surface area contributed by atoms with Crippen LogP contribution in [-0.4, -0.2) is 15.7 Å². The molecular formula is C10H13N3O. The van der Waals surface area contributed by atoms with Gasteiger partial charge in [-0.2, -0.15) is 5.10 Å². The van der Waals surface area contributed by atoms with E-state index in [0.717, 1.165) is 18.5 Å². The third-order valence-corrected chi connectivity index (χ3v) is 2.35. The van der Waals surface area contributed by atoms with Crippen molar-refractivity contribution >= 4 is 11.6 Å². The first-order valence-electron chi connectivity index (χ1n) is 4.70. The summed E-state index contributed by atoms with van der Waals surface area (Å²) in [5.41, 5.74) is 0.768. The second-order valence-corrected chi connectivity index (χ2v) is 3.53. The third kappa shape index (κ3) is 1.84. The van der Waals surface area contributed by atoms with Crippen LogP contribution in [0.2, 0.25) is 0 Å². The Kier molecular flexibility index (Phi) is 2.35. The van der Waals surface area contributed by atoms with Crippen molar-refractivity contribution in [1.29, 1.82) is 0 Å². The smallest absolute Gasteiger partial charge is 0.228 e. The Morgan fingerprint density at radius 1 is 1.57 bits per heavy atom. The second-order valence-electron chi connectivity index (χ2n) is 3.53. The van der Waals surface area contributed by atoms with Gasteiger partial charge in [-0.05, 0) is 12.8 Å². The van der Waals surface area contributed by atoms with Gasteiger partial charge in [0.05, 0.1) is 11.9 Å². The van der Waals surface area contributed by atoms with Crippen molar-refractivity contribution in [3.8, 4) is 0 Å². The molecule has 0 aliphatic heterocycles. The van der Waals surface area contributed by atoms with E-state index in [-0.39, 0.29) is 11.8 Å². The molecule has 0 atom stereocenters. The van der Waals surface area contributed by atoms with Crippen LogP contribution >= 0.6 is 0 Å². The zero-order valence-electron chi connectivity index (χ0n) is 8.10. The minimum atomic E-state index is 0.0861. The van der Waals surface area contributed by atoms with Gasteiger partial charge >= 0.3 is 0 Å². The molecule has 0 fully saturated rings. The molecule has 4 heteroatoms. The minimum Gasteiger partial charge on any atom is -0.323 e. The Hall–Kier alpha value is -1.58. The lowest BCUT2D eigenvalue weighted by Gasteiger charge is -2.07. The highest BCUT2D eigenvalue weighted by atomic mass is 16.1. The first-order valence-corrected chi connectivity index (χ1v) is 4.70. The van der Waals surface area contributed by atoms with Gasteiger partial charge in [0.15, 0.2) is 0 Å². The van der Waals surface area contributed by atoms with E-state index in [1.54, 1.807) is 17.1 Å². The maximum absolute atomic E-state index is 11.6. The van der Waals surface area contributed by atoms with Gasteiger partial charge in [-0.15, -0.1) is 0 Å². The van der Waals surface area contributed by atoms with Gasteiger partial charge in [0.1, 0.15) is 0 Å². The first kappa shape index (κ1) is 8.99. The second kappa shape index (κ2) is 3.65. The summed E-state index contributed by atoms with van der Waals surface area (Å²) in [7, 11) is 1.83. The largest absolute Gasteiger partial charge is 0.323 e. The average Bonchev–Trinajstić information content (AvgIpc) is 2.75. The number of carbonyl (C=O) groups excluding carboxylic acids is 1. The van der Waals surface area contributed by atoms with Gasteiger partial charge in [-0.3, -0.25) is 9.48 Å². The number of anilines is 1. The lowest BCUT2D eigenvalue weighted by atomic mass is 10.1. The van der Waals surface area contributed by atoms with E-state index in [1.807, 2.05) is 19.2 Å². The van der Waals surface area contributed by atoms with Crippen molar-refractivity contribution in [2.75, 3.05) is 5.32 Å². The molecule has 1 N–H and O–H groups in total. The molecule has 1 aromatic heterocycles. The fourth-order valence-electron chi connectivity index (χ4n) is 1.56. The molecule has 0 saturated carbocycles. The monoisotopic (exact) mass is 191 g/mol. The van der Waals surface area contributed by atoms with Gasteiger partial charge in [-0.1, -0.05) is 12.2 Å². The van der Waals surface area contributed by atoms with E-state index in [1.165, 1.54) is 0 Å². The molecular weight excluding hydrogens is 178 g/mol. The predicted molar refractivity (Wildman–Crippen MR) is 53.7 cm³/mol. The SMILES string of the molecule is Cn1cc(NC(=O)C2CC=CC2)cn1. The minimum absolute atomic E-state index is 0.0861. The van der Waals surface area contributed by atoms with Crippen LogP contribution in [0, 0.1) is 5.92 Å². The van der Waals surface area contributed by atoms with Crippen LogP contribution in [0.1, 0.15) is 12.8 Å². The van der Waals surface area contributed by atoms with Gasteiger partial charge in [0.2, 0.25) is 5.91 Å². The zero-order valence-corrected chi connectivity index (χ0v) is 8.10. The predicted octanol–water partition coefficient (Wildman–Crippen LogP) is 1.32. The quantitative estimate of drug-likeness (QED) is 0.717. The molecule has 0 saturated heterocycles. The van der Waals surface area contributed by atoms with Crippen LogP contribution in [0.4, 0.5) is 5.69 Å². The first-order chi connectivity index (χ1) is 6.75. The van der Waals surface area contributed by atoms with Gasteiger partial charge < -0.3 is 5.32 Å². The molecule has 4 nitrogen and oxygen atoms in total. The Labute approximate surface area is 82.6 Å². The molecule has 74 valence electrons. The van der Waals surface area contributed by atoms with E-state index < -0.39 is 0 Å². The molecule has 0 bridgehead atoms. The van der Waals surface area contributed by atoms with E-state index in [0.29, 0.717) is 0 Å². The van der Waals surface area contributed by atoms with Crippen molar-refractivity contribution < 1.29 is 4.79 Å². The maximum Gasteiger partial charge on any atom is 0.228 e. The number of nitrogens with one attached hydrogen (secondary N) is 1. The van der Waals surface area contributed by atoms with Crippen molar-refractivity contribution in [3.63, 3.8) is 0 Å². The van der Waals surface area contributed by atoms with E-state index >= 15 is 0 Å². The number of carbonyl (C=O) groups is 1. The summed E-state index contributed by atoms with van der Waals surface area (Å²) in [6, 6.07) is 0. The molecule has 1 aliphatic rings. The van der Waals surface area contributed by atoms with E-state index in [4.69, 9.17) is 0 Å². The highest BCUT2D eigenvalue weighted by Crippen LogP contribution is 2.19. The van der Waals surface area contributed by atoms with Gasteiger partial charge in [0.25, 0.3) is 0 Å². The molecule has 0 aromatic carbocycles. The summed E-state index contributed by atoms with van der Waals surface area (Å²) in [6.07, 6.45) is 9.25. The number of hydrogen-bond donors (Lipinski definition) is 1. The van der Waals surface area contributed by atoms with Crippen LogP contribution in [-0.2, 0) is 11.8 Å². The van der Waals surface area contributed by atoms with E-state index in [9.17, 15) is 4.79 Å². The molecule has 14 heavy (non-hydrogen) atoms. The molecule has 0 spiro atoms. The van der Waals surface area contributed by atoms with Crippen LogP contribution < -0.4 is 5.32 Å². The number of aryl methyl sites for hydroxylation is 1. The molecule has 1 aliphatic carbocycles. The fraction of sp³-hybridized carbons (Fsp3) is 0.400. The van der Waals surface area contributed by atoms with Crippen molar-refractivity contribution in [2.45, 2.75) is 12.8 Å². The topological polar surface area (TPSA) is 46.9 Å². The van der Waals surface area contributed by atoms with Gasteiger partial charge in [0, 0.05) is 19.2 Å². The summed E-state index contributed by atoms with van der Waals surface area (Å²) in [6.45, 7) is 0. The average molecular weight is 191 g/mol. The normalized spacial score (nSPS) is 16.1. The maximum atomic E-state index is 11.6. The van der Waals surface area contributed by atoms with Gasteiger partial charge in [-0.25, -0.2) is 0 Å². The zero-order chi connectivity index (χ0) is 9.97. The summed E-state index contributed by atoms with van der Waals surface area (Å²) >= 11 is 0. The van der Waals surface area contributed by atoms with E-state index in [2.05, 4.69) is 10.4 Å². The highest BCUT2D eigenvalue weighted by molar-refractivity contribution is 5.92. The molecule has 1 amide bonds. The summed E-state index contributed by atoms with van der Waals surface area (Å²) in [5, 5.41) is 6.83. The van der Waals surface area contributed by atoms with Crippen molar-refractivity contribution in [3.05, 3.63) is 24.5 Å². The molecule has 1 aromatic rings. The Balaban J connectivity index is 1.94. The molecule has 1 heterocycles. The highest BCUT2D eigenvalue weighted by Gasteiger charge is 2.19. The number of aromatic nitrogens is 2. The Morgan fingerprint density at radius 2 is 2.29 bits per heavy atom.